The summed E-state index contributed by atoms with van der Waals surface area (Å²) in [7, 11) is 3.53. The Morgan fingerprint density at radius 2 is 1.69 bits per heavy atom. The van der Waals surface area contributed by atoms with Gasteiger partial charge >= 0.3 is 0 Å². The highest BCUT2D eigenvalue weighted by atomic mass is 32.1. The van der Waals surface area contributed by atoms with E-state index in [0.29, 0.717) is 6.54 Å². The number of hydrogen-bond acceptors (Lipinski definition) is 7. The minimum absolute atomic E-state index is 0.0182. The molecule has 7 nitrogen and oxygen atoms in total. The normalized spacial score (nSPS) is 13.8. The van der Waals surface area contributed by atoms with Crippen molar-refractivity contribution < 1.29 is 9.53 Å². The van der Waals surface area contributed by atoms with Gasteiger partial charge in [0.05, 0.1) is 17.4 Å². The number of thiophene rings is 1. The van der Waals surface area contributed by atoms with E-state index in [4.69, 9.17) is 4.74 Å². The Morgan fingerprint density at radius 1 is 1.00 bits per heavy atom. The average molecular weight is 488 g/mol. The molecule has 2 aromatic heterocycles. The van der Waals surface area contributed by atoms with Crippen molar-refractivity contribution in [3.63, 3.8) is 0 Å². The number of anilines is 2. The summed E-state index contributed by atoms with van der Waals surface area (Å²) in [6.45, 7) is 6.08. The van der Waals surface area contributed by atoms with E-state index >= 15 is 0 Å². The fourth-order valence-corrected chi connectivity index (χ4v) is 5.71. The molecule has 35 heavy (non-hydrogen) atoms. The molecule has 1 aliphatic rings. The largest absolute Gasteiger partial charge is 0.497 e. The van der Waals surface area contributed by atoms with Crippen molar-refractivity contribution in [1.82, 2.24) is 14.9 Å². The molecular formula is C27H29N5O2S. The Balaban J connectivity index is 1.35. The molecule has 0 spiro atoms. The molecule has 1 fully saturated rings. The third-order valence-electron chi connectivity index (χ3n) is 6.53. The van der Waals surface area contributed by atoms with Crippen molar-refractivity contribution >= 4 is 39.0 Å². The van der Waals surface area contributed by atoms with E-state index in [1.54, 1.807) is 18.3 Å². The van der Waals surface area contributed by atoms with Gasteiger partial charge in [-0.1, -0.05) is 30.3 Å². The van der Waals surface area contributed by atoms with E-state index in [0.717, 1.165) is 64.0 Å². The summed E-state index contributed by atoms with van der Waals surface area (Å²) < 4.78 is 5.28. The number of carbonyl (C=O) groups excluding carboxylic acids is 1. The van der Waals surface area contributed by atoms with Gasteiger partial charge in [0.2, 0.25) is 0 Å². The van der Waals surface area contributed by atoms with Crippen molar-refractivity contribution in [1.29, 1.82) is 0 Å². The van der Waals surface area contributed by atoms with Gasteiger partial charge in [-0.2, -0.15) is 0 Å². The molecule has 5 rings (SSSR count). The lowest BCUT2D eigenvalue weighted by Crippen LogP contribution is -2.46. The van der Waals surface area contributed by atoms with Gasteiger partial charge in [0.25, 0.3) is 5.91 Å². The summed E-state index contributed by atoms with van der Waals surface area (Å²) in [5.41, 5.74) is 3.26. The number of nitrogens with zero attached hydrogens (tertiary/aromatic N) is 5. The predicted molar refractivity (Wildman–Crippen MR) is 142 cm³/mol. The zero-order valence-corrected chi connectivity index (χ0v) is 21.1. The van der Waals surface area contributed by atoms with E-state index in [1.807, 2.05) is 56.4 Å². The maximum atomic E-state index is 13.3. The van der Waals surface area contributed by atoms with E-state index in [1.165, 1.54) is 17.0 Å². The average Bonchev–Trinajstić information content (AvgIpc) is 3.25. The van der Waals surface area contributed by atoms with Gasteiger partial charge in [-0.3, -0.25) is 4.79 Å². The second kappa shape index (κ2) is 9.92. The molecule has 8 heteroatoms. The molecule has 0 aliphatic carbocycles. The Morgan fingerprint density at radius 3 is 2.37 bits per heavy atom. The topological polar surface area (TPSA) is 61.8 Å². The number of aryl methyl sites for hydroxylation is 1. The standard InChI is InChI=1S/C27H29N5O2S/c1-19-23-25(32-15-13-31(14-16-32)21-9-11-22(34-3)12-10-21)28-18-29-26(23)35-24(19)27(33)30(2)17-20-7-5-4-6-8-20/h4-12,18H,13-17H2,1-3H3. The highest BCUT2D eigenvalue weighted by Gasteiger charge is 2.26. The van der Waals surface area contributed by atoms with Gasteiger partial charge < -0.3 is 19.4 Å². The number of aromatic nitrogens is 2. The molecule has 0 N–H and O–H groups in total. The van der Waals surface area contributed by atoms with Crippen LogP contribution in [0.5, 0.6) is 5.75 Å². The molecular weight excluding hydrogens is 458 g/mol. The van der Waals surface area contributed by atoms with Crippen LogP contribution in [0.25, 0.3) is 10.2 Å². The van der Waals surface area contributed by atoms with E-state index in [-0.39, 0.29) is 5.91 Å². The van der Waals surface area contributed by atoms with Gasteiger partial charge in [-0.25, -0.2) is 9.97 Å². The molecule has 0 bridgehead atoms. The summed E-state index contributed by atoms with van der Waals surface area (Å²) in [5, 5.41) is 0.992. The molecule has 1 aliphatic heterocycles. The maximum Gasteiger partial charge on any atom is 0.264 e. The molecule has 0 atom stereocenters. The molecule has 4 aromatic rings. The molecule has 1 saturated heterocycles. The van der Waals surface area contributed by atoms with Crippen LogP contribution in [0.1, 0.15) is 20.8 Å². The third-order valence-corrected chi connectivity index (χ3v) is 7.71. The zero-order chi connectivity index (χ0) is 24.4. The Labute approximate surface area is 209 Å². The number of methoxy groups -OCH3 is 1. The van der Waals surface area contributed by atoms with Crippen LogP contribution >= 0.6 is 11.3 Å². The summed E-state index contributed by atoms with van der Waals surface area (Å²) in [4.78, 5) is 30.6. The number of carbonyl (C=O) groups is 1. The van der Waals surface area contributed by atoms with Gasteiger partial charge in [-0.15, -0.1) is 11.3 Å². The van der Waals surface area contributed by atoms with Crippen molar-refractivity contribution in [2.24, 2.45) is 0 Å². The van der Waals surface area contributed by atoms with E-state index in [2.05, 4.69) is 31.9 Å². The minimum atomic E-state index is 0.0182. The molecule has 2 aromatic carbocycles. The lowest BCUT2D eigenvalue weighted by atomic mass is 10.1. The van der Waals surface area contributed by atoms with E-state index in [9.17, 15) is 4.79 Å². The monoisotopic (exact) mass is 487 g/mol. The van der Waals surface area contributed by atoms with Gasteiger partial charge in [0.1, 0.15) is 22.7 Å². The number of ether oxygens (including phenoxy) is 1. The second-order valence-electron chi connectivity index (χ2n) is 8.75. The molecule has 3 heterocycles. The SMILES string of the molecule is COc1ccc(N2CCN(c3ncnc4sc(C(=O)N(C)Cc5ccccc5)c(C)c34)CC2)cc1. The maximum absolute atomic E-state index is 13.3. The van der Waals surface area contributed by atoms with Crippen molar-refractivity contribution in [2.45, 2.75) is 13.5 Å². The second-order valence-corrected chi connectivity index (χ2v) is 9.75. The van der Waals surface area contributed by atoms with Crippen LogP contribution in [0.3, 0.4) is 0 Å². The molecule has 180 valence electrons. The van der Waals surface area contributed by atoms with Crippen LogP contribution in [0.2, 0.25) is 0 Å². The first-order valence-corrected chi connectivity index (χ1v) is 12.5. The van der Waals surface area contributed by atoms with Gasteiger partial charge in [0, 0.05) is 45.5 Å². The van der Waals surface area contributed by atoms with Crippen LogP contribution in [-0.4, -0.2) is 61.1 Å². The first kappa shape index (κ1) is 23.1. The van der Waals surface area contributed by atoms with Crippen LogP contribution in [0.4, 0.5) is 11.5 Å². The summed E-state index contributed by atoms with van der Waals surface area (Å²) in [6, 6.07) is 18.2. The van der Waals surface area contributed by atoms with Crippen molar-refractivity contribution in [3.8, 4) is 5.75 Å². The van der Waals surface area contributed by atoms with Crippen LogP contribution < -0.4 is 14.5 Å². The predicted octanol–water partition coefficient (Wildman–Crippen LogP) is 4.61. The molecule has 0 radical (unpaired) electrons. The quantitative estimate of drug-likeness (QED) is 0.396. The minimum Gasteiger partial charge on any atom is -0.497 e. The van der Waals surface area contributed by atoms with E-state index < -0.39 is 0 Å². The highest BCUT2D eigenvalue weighted by Crippen LogP contribution is 2.36. The number of fused-ring (bicyclic) bond motifs is 1. The Kier molecular flexibility index (Phi) is 6.55. The first-order valence-electron chi connectivity index (χ1n) is 11.7. The summed E-state index contributed by atoms with van der Waals surface area (Å²) in [5.74, 6) is 1.80. The smallest absolute Gasteiger partial charge is 0.264 e. The Bertz CT molecular complexity index is 1310. The summed E-state index contributed by atoms with van der Waals surface area (Å²) >= 11 is 1.46. The fraction of sp³-hybridized carbons (Fsp3) is 0.296. The first-order chi connectivity index (χ1) is 17.0. The molecule has 1 amide bonds. The zero-order valence-electron chi connectivity index (χ0n) is 20.3. The van der Waals surface area contributed by atoms with Crippen LogP contribution in [-0.2, 0) is 6.54 Å². The Hall–Kier alpha value is -3.65. The van der Waals surface area contributed by atoms with Gasteiger partial charge in [-0.05, 0) is 42.3 Å². The van der Waals surface area contributed by atoms with Crippen LogP contribution in [0.15, 0.2) is 60.9 Å². The summed E-state index contributed by atoms with van der Waals surface area (Å²) in [6.07, 6.45) is 1.62. The number of piperazine rings is 1. The van der Waals surface area contributed by atoms with Crippen molar-refractivity contribution in [3.05, 3.63) is 76.9 Å². The number of amides is 1. The van der Waals surface area contributed by atoms with Crippen molar-refractivity contribution in [2.75, 3.05) is 50.1 Å². The lowest BCUT2D eigenvalue weighted by molar-refractivity contribution is 0.0789. The fourth-order valence-electron chi connectivity index (χ4n) is 4.57. The number of benzene rings is 2. The molecule has 0 unspecified atom stereocenters. The molecule has 0 saturated carbocycles. The van der Waals surface area contributed by atoms with Gasteiger partial charge in [0.15, 0.2) is 0 Å². The third kappa shape index (κ3) is 4.66. The lowest BCUT2D eigenvalue weighted by Gasteiger charge is -2.37. The number of rotatable bonds is 6. The number of hydrogen-bond donors (Lipinski definition) is 0. The highest BCUT2D eigenvalue weighted by molar-refractivity contribution is 7.20. The van der Waals surface area contributed by atoms with Crippen LogP contribution in [0, 0.1) is 6.92 Å².